The predicted molar refractivity (Wildman–Crippen MR) is 64.8 cm³/mol. The van der Waals surface area contributed by atoms with Crippen LogP contribution in [-0.2, 0) is 13.0 Å². The second kappa shape index (κ2) is 4.55. The van der Waals surface area contributed by atoms with E-state index < -0.39 is 0 Å². The van der Waals surface area contributed by atoms with Gasteiger partial charge in [-0.2, -0.15) is 0 Å². The standard InChI is InChI=1S/C12H14N2S/c1-2-9-3-5-10(6-4-9)12-14-8-11(7-13)15-12/h3-6,8H,2,7,13H2,1H3. The summed E-state index contributed by atoms with van der Waals surface area (Å²) in [6, 6.07) is 8.55. The van der Waals surface area contributed by atoms with Gasteiger partial charge in [-0.25, -0.2) is 4.98 Å². The fourth-order valence-corrected chi connectivity index (χ4v) is 2.21. The zero-order valence-electron chi connectivity index (χ0n) is 8.73. The van der Waals surface area contributed by atoms with Gasteiger partial charge in [0.05, 0.1) is 0 Å². The molecule has 0 saturated heterocycles. The summed E-state index contributed by atoms with van der Waals surface area (Å²) in [5.41, 5.74) is 8.09. The van der Waals surface area contributed by atoms with E-state index in [2.05, 4.69) is 36.2 Å². The highest BCUT2D eigenvalue weighted by Gasteiger charge is 2.03. The van der Waals surface area contributed by atoms with Crippen LogP contribution >= 0.6 is 11.3 Å². The lowest BCUT2D eigenvalue weighted by Crippen LogP contribution is -1.91. The van der Waals surface area contributed by atoms with Gasteiger partial charge in [0, 0.05) is 23.2 Å². The molecule has 0 saturated carbocycles. The Morgan fingerprint density at radius 2 is 2.00 bits per heavy atom. The molecule has 0 aliphatic heterocycles. The van der Waals surface area contributed by atoms with E-state index in [-0.39, 0.29) is 0 Å². The van der Waals surface area contributed by atoms with Crippen LogP contribution in [0.5, 0.6) is 0 Å². The highest BCUT2D eigenvalue weighted by molar-refractivity contribution is 7.15. The number of hydrogen-bond donors (Lipinski definition) is 1. The number of aromatic nitrogens is 1. The Balaban J connectivity index is 2.28. The van der Waals surface area contributed by atoms with Crippen LogP contribution in [0.1, 0.15) is 17.4 Å². The second-order valence-corrected chi connectivity index (χ2v) is 4.50. The molecule has 0 radical (unpaired) electrons. The van der Waals surface area contributed by atoms with Crippen molar-refractivity contribution in [2.45, 2.75) is 19.9 Å². The summed E-state index contributed by atoms with van der Waals surface area (Å²) >= 11 is 1.66. The smallest absolute Gasteiger partial charge is 0.123 e. The van der Waals surface area contributed by atoms with Crippen LogP contribution in [0, 0.1) is 0 Å². The molecule has 0 spiro atoms. The topological polar surface area (TPSA) is 38.9 Å². The van der Waals surface area contributed by atoms with Gasteiger partial charge in [0.15, 0.2) is 0 Å². The Kier molecular flexibility index (Phi) is 3.14. The monoisotopic (exact) mass is 218 g/mol. The van der Waals surface area contributed by atoms with Crippen molar-refractivity contribution in [3.05, 3.63) is 40.9 Å². The molecule has 2 N–H and O–H groups in total. The average Bonchev–Trinajstić information content (AvgIpc) is 2.78. The molecule has 1 heterocycles. The van der Waals surface area contributed by atoms with E-state index >= 15 is 0 Å². The number of hydrogen-bond acceptors (Lipinski definition) is 3. The van der Waals surface area contributed by atoms with Gasteiger partial charge in [0.1, 0.15) is 5.01 Å². The largest absolute Gasteiger partial charge is 0.326 e. The fraction of sp³-hybridized carbons (Fsp3) is 0.250. The third-order valence-electron chi connectivity index (χ3n) is 2.36. The van der Waals surface area contributed by atoms with Gasteiger partial charge in [-0.15, -0.1) is 11.3 Å². The maximum absolute atomic E-state index is 5.56. The van der Waals surface area contributed by atoms with Gasteiger partial charge in [-0.05, 0) is 12.0 Å². The molecule has 0 atom stereocenters. The van der Waals surface area contributed by atoms with Gasteiger partial charge in [-0.3, -0.25) is 0 Å². The van der Waals surface area contributed by atoms with Crippen LogP contribution in [0.3, 0.4) is 0 Å². The van der Waals surface area contributed by atoms with Crippen LogP contribution < -0.4 is 5.73 Å². The average molecular weight is 218 g/mol. The molecule has 0 amide bonds. The summed E-state index contributed by atoms with van der Waals surface area (Å²) in [6.45, 7) is 2.73. The number of nitrogens with two attached hydrogens (primary N) is 1. The Morgan fingerprint density at radius 3 is 2.53 bits per heavy atom. The van der Waals surface area contributed by atoms with Crippen LogP contribution in [0.15, 0.2) is 30.5 Å². The number of thiazole rings is 1. The summed E-state index contributed by atoms with van der Waals surface area (Å²) in [6.07, 6.45) is 2.93. The van der Waals surface area contributed by atoms with E-state index in [0.29, 0.717) is 6.54 Å². The summed E-state index contributed by atoms with van der Waals surface area (Å²) in [5, 5.41) is 1.05. The van der Waals surface area contributed by atoms with E-state index in [9.17, 15) is 0 Å². The summed E-state index contributed by atoms with van der Waals surface area (Å²) < 4.78 is 0. The number of aryl methyl sites for hydroxylation is 1. The highest BCUT2D eigenvalue weighted by Crippen LogP contribution is 2.25. The minimum atomic E-state index is 0.574. The zero-order valence-corrected chi connectivity index (χ0v) is 9.55. The first-order valence-corrected chi connectivity index (χ1v) is 5.89. The first kappa shape index (κ1) is 10.3. The summed E-state index contributed by atoms with van der Waals surface area (Å²) in [4.78, 5) is 5.48. The van der Waals surface area contributed by atoms with Crippen LogP contribution in [-0.4, -0.2) is 4.98 Å². The van der Waals surface area contributed by atoms with Crippen molar-refractivity contribution in [2.24, 2.45) is 5.73 Å². The zero-order chi connectivity index (χ0) is 10.7. The minimum Gasteiger partial charge on any atom is -0.326 e. The molecule has 3 heteroatoms. The lowest BCUT2D eigenvalue weighted by molar-refractivity contribution is 1.10. The first-order valence-electron chi connectivity index (χ1n) is 5.07. The van der Waals surface area contributed by atoms with Gasteiger partial charge in [0.25, 0.3) is 0 Å². The Hall–Kier alpha value is -1.19. The Bertz CT molecular complexity index is 431. The van der Waals surface area contributed by atoms with E-state index in [1.54, 1.807) is 11.3 Å². The lowest BCUT2D eigenvalue weighted by atomic mass is 10.1. The van der Waals surface area contributed by atoms with Crippen molar-refractivity contribution in [1.29, 1.82) is 0 Å². The molecule has 1 aromatic carbocycles. The molecule has 1 aromatic heterocycles. The first-order chi connectivity index (χ1) is 7.33. The number of benzene rings is 1. The molecular formula is C12H14N2S. The Labute approximate surface area is 93.8 Å². The molecule has 2 rings (SSSR count). The van der Waals surface area contributed by atoms with Crippen LogP contribution in [0.25, 0.3) is 10.6 Å². The number of rotatable bonds is 3. The van der Waals surface area contributed by atoms with Crippen LogP contribution in [0.2, 0.25) is 0 Å². The molecule has 0 bridgehead atoms. The van der Waals surface area contributed by atoms with Crippen molar-refractivity contribution < 1.29 is 0 Å². The fourth-order valence-electron chi connectivity index (χ4n) is 1.42. The summed E-state index contributed by atoms with van der Waals surface area (Å²) in [7, 11) is 0. The Morgan fingerprint density at radius 1 is 1.27 bits per heavy atom. The van der Waals surface area contributed by atoms with Gasteiger partial charge < -0.3 is 5.73 Å². The lowest BCUT2D eigenvalue weighted by Gasteiger charge is -1.98. The molecule has 15 heavy (non-hydrogen) atoms. The molecule has 0 unspecified atom stereocenters. The second-order valence-electron chi connectivity index (χ2n) is 3.39. The maximum Gasteiger partial charge on any atom is 0.123 e. The third kappa shape index (κ3) is 2.25. The molecule has 78 valence electrons. The third-order valence-corrected chi connectivity index (χ3v) is 3.43. The van der Waals surface area contributed by atoms with Crippen molar-refractivity contribution >= 4 is 11.3 Å². The molecule has 0 aliphatic carbocycles. The van der Waals surface area contributed by atoms with Gasteiger partial charge in [-0.1, -0.05) is 31.2 Å². The van der Waals surface area contributed by atoms with Crippen LogP contribution in [0.4, 0.5) is 0 Å². The number of nitrogens with zero attached hydrogens (tertiary/aromatic N) is 1. The molecule has 0 fully saturated rings. The minimum absolute atomic E-state index is 0.574. The molecular weight excluding hydrogens is 204 g/mol. The van der Waals surface area contributed by atoms with Gasteiger partial charge in [0.2, 0.25) is 0 Å². The summed E-state index contributed by atoms with van der Waals surface area (Å²) in [5.74, 6) is 0. The SMILES string of the molecule is CCc1ccc(-c2ncc(CN)s2)cc1. The molecule has 2 aromatic rings. The van der Waals surface area contributed by atoms with E-state index in [4.69, 9.17) is 5.73 Å². The van der Waals surface area contributed by atoms with Crippen molar-refractivity contribution in [2.75, 3.05) is 0 Å². The van der Waals surface area contributed by atoms with Crippen molar-refractivity contribution in [3.8, 4) is 10.6 Å². The van der Waals surface area contributed by atoms with Crippen molar-refractivity contribution in [1.82, 2.24) is 4.98 Å². The highest BCUT2D eigenvalue weighted by atomic mass is 32.1. The van der Waals surface area contributed by atoms with E-state index in [1.807, 2.05) is 6.20 Å². The quantitative estimate of drug-likeness (QED) is 0.860. The molecule has 2 nitrogen and oxygen atoms in total. The molecule has 0 aliphatic rings. The maximum atomic E-state index is 5.56. The van der Waals surface area contributed by atoms with E-state index in [1.165, 1.54) is 11.1 Å². The van der Waals surface area contributed by atoms with Crippen molar-refractivity contribution in [3.63, 3.8) is 0 Å². The van der Waals surface area contributed by atoms with E-state index in [0.717, 1.165) is 16.3 Å². The predicted octanol–water partition coefficient (Wildman–Crippen LogP) is 2.83. The normalized spacial score (nSPS) is 10.5. The van der Waals surface area contributed by atoms with Gasteiger partial charge >= 0.3 is 0 Å².